The van der Waals surface area contributed by atoms with Gasteiger partial charge in [-0.1, -0.05) is 30.6 Å². The Hall–Kier alpha value is -3.16. The Kier molecular flexibility index (Phi) is 6.27. The lowest BCUT2D eigenvalue weighted by Crippen LogP contribution is -2.30. The van der Waals surface area contributed by atoms with Gasteiger partial charge >= 0.3 is 17.8 Å². The quantitative estimate of drug-likeness (QED) is 0.473. The van der Waals surface area contributed by atoms with Gasteiger partial charge in [0.05, 0.1) is 17.9 Å². The Morgan fingerprint density at radius 2 is 1.88 bits per heavy atom. The smallest absolute Gasteiger partial charge is 0.340 e. The molecule has 1 aromatic carbocycles. The summed E-state index contributed by atoms with van der Waals surface area (Å²) in [6.07, 6.45) is 1.65. The number of unbranched alkanes of at least 4 members (excludes halogenated alkanes) is 1. The number of ether oxygens (including phenoxy) is 1. The van der Waals surface area contributed by atoms with Crippen molar-refractivity contribution in [2.45, 2.75) is 26.7 Å². The molecular weight excluding hydrogens is 326 g/mol. The van der Waals surface area contributed by atoms with Gasteiger partial charge in [-0.05, 0) is 25.5 Å². The van der Waals surface area contributed by atoms with Gasteiger partial charge in [0.1, 0.15) is 5.76 Å². The summed E-state index contributed by atoms with van der Waals surface area (Å²) in [6, 6.07) is 7.79. The Bertz CT molecular complexity index is 769. The van der Waals surface area contributed by atoms with Crippen molar-refractivity contribution < 1.29 is 23.6 Å². The molecule has 8 heteroatoms. The van der Waals surface area contributed by atoms with Crippen LogP contribution in [0.25, 0.3) is 0 Å². The predicted molar refractivity (Wildman–Crippen MR) is 90.1 cm³/mol. The number of nitrogens with one attached hydrogen (secondary N) is 2. The van der Waals surface area contributed by atoms with Crippen molar-refractivity contribution in [2.75, 3.05) is 17.2 Å². The SMILES string of the molecule is CCCCOC(=O)c1ccccc1NC(=O)C(=O)Nc1cc(C)on1. The molecule has 0 radical (unpaired) electrons. The summed E-state index contributed by atoms with van der Waals surface area (Å²) in [7, 11) is 0. The fourth-order valence-electron chi connectivity index (χ4n) is 1.93. The second-order valence-corrected chi connectivity index (χ2v) is 5.27. The maximum Gasteiger partial charge on any atom is 0.340 e. The molecule has 2 aromatic rings. The normalized spacial score (nSPS) is 10.2. The number of esters is 1. The molecule has 0 aliphatic carbocycles. The minimum atomic E-state index is -0.936. The lowest BCUT2D eigenvalue weighted by molar-refractivity contribution is -0.133. The third-order valence-electron chi connectivity index (χ3n) is 3.20. The van der Waals surface area contributed by atoms with Gasteiger partial charge < -0.3 is 14.6 Å². The monoisotopic (exact) mass is 345 g/mol. The van der Waals surface area contributed by atoms with Gasteiger partial charge in [-0.3, -0.25) is 14.9 Å². The average molecular weight is 345 g/mol. The van der Waals surface area contributed by atoms with E-state index >= 15 is 0 Å². The van der Waals surface area contributed by atoms with Crippen LogP contribution in [0.2, 0.25) is 0 Å². The highest BCUT2D eigenvalue weighted by atomic mass is 16.5. The molecule has 2 N–H and O–H groups in total. The number of aryl methyl sites for hydroxylation is 1. The molecule has 0 atom stereocenters. The lowest BCUT2D eigenvalue weighted by atomic mass is 10.2. The van der Waals surface area contributed by atoms with Crippen molar-refractivity contribution in [3.63, 3.8) is 0 Å². The van der Waals surface area contributed by atoms with E-state index in [-0.39, 0.29) is 17.1 Å². The number of hydrogen-bond acceptors (Lipinski definition) is 6. The van der Waals surface area contributed by atoms with Crippen LogP contribution in [-0.4, -0.2) is 29.5 Å². The van der Waals surface area contributed by atoms with E-state index in [2.05, 4.69) is 15.8 Å². The van der Waals surface area contributed by atoms with Crippen LogP contribution in [0.3, 0.4) is 0 Å². The number of aromatic nitrogens is 1. The molecule has 0 unspecified atom stereocenters. The highest BCUT2D eigenvalue weighted by Crippen LogP contribution is 2.17. The molecule has 25 heavy (non-hydrogen) atoms. The zero-order valence-corrected chi connectivity index (χ0v) is 14.0. The van der Waals surface area contributed by atoms with E-state index < -0.39 is 17.8 Å². The molecule has 0 bridgehead atoms. The number of carbonyl (C=O) groups is 3. The number of rotatable bonds is 6. The second-order valence-electron chi connectivity index (χ2n) is 5.27. The van der Waals surface area contributed by atoms with Gasteiger partial charge in [-0.15, -0.1) is 0 Å². The molecule has 8 nitrogen and oxygen atoms in total. The molecule has 0 saturated heterocycles. The van der Waals surface area contributed by atoms with Gasteiger partial charge in [0.2, 0.25) is 0 Å². The van der Waals surface area contributed by atoms with E-state index in [4.69, 9.17) is 9.26 Å². The van der Waals surface area contributed by atoms with E-state index in [1.54, 1.807) is 19.1 Å². The molecule has 0 fully saturated rings. The first-order valence-corrected chi connectivity index (χ1v) is 7.83. The van der Waals surface area contributed by atoms with Crippen molar-refractivity contribution in [3.8, 4) is 0 Å². The third kappa shape index (κ3) is 5.17. The number of carbonyl (C=O) groups excluding carboxylic acids is 3. The highest BCUT2D eigenvalue weighted by Gasteiger charge is 2.19. The van der Waals surface area contributed by atoms with E-state index in [9.17, 15) is 14.4 Å². The Morgan fingerprint density at radius 1 is 1.16 bits per heavy atom. The molecule has 0 aliphatic heterocycles. The van der Waals surface area contributed by atoms with Gasteiger partial charge in [0, 0.05) is 6.07 Å². The number of hydrogen-bond donors (Lipinski definition) is 2. The molecule has 0 saturated carbocycles. The summed E-state index contributed by atoms with van der Waals surface area (Å²) >= 11 is 0. The van der Waals surface area contributed by atoms with Crippen molar-refractivity contribution in [1.29, 1.82) is 0 Å². The van der Waals surface area contributed by atoms with Crippen LogP contribution in [0.5, 0.6) is 0 Å². The fourth-order valence-corrected chi connectivity index (χ4v) is 1.93. The molecule has 0 aliphatic rings. The molecule has 132 valence electrons. The lowest BCUT2D eigenvalue weighted by Gasteiger charge is -2.10. The fraction of sp³-hybridized carbons (Fsp3) is 0.294. The first-order chi connectivity index (χ1) is 12.0. The minimum absolute atomic E-state index is 0.130. The highest BCUT2D eigenvalue weighted by molar-refractivity contribution is 6.43. The molecule has 1 heterocycles. The van der Waals surface area contributed by atoms with Gasteiger partial charge in [0.15, 0.2) is 5.82 Å². The summed E-state index contributed by atoms with van der Waals surface area (Å²) in [6.45, 7) is 3.93. The van der Waals surface area contributed by atoms with Crippen molar-refractivity contribution in [2.24, 2.45) is 0 Å². The zero-order valence-electron chi connectivity index (χ0n) is 14.0. The average Bonchev–Trinajstić information content (AvgIpc) is 3.00. The van der Waals surface area contributed by atoms with Crippen molar-refractivity contribution in [1.82, 2.24) is 5.16 Å². The van der Waals surface area contributed by atoms with Crippen LogP contribution >= 0.6 is 0 Å². The number of benzene rings is 1. The summed E-state index contributed by atoms with van der Waals surface area (Å²) < 4.78 is 9.94. The summed E-state index contributed by atoms with van der Waals surface area (Å²) in [5.41, 5.74) is 0.373. The minimum Gasteiger partial charge on any atom is -0.462 e. The van der Waals surface area contributed by atoms with Gasteiger partial charge in [-0.25, -0.2) is 4.79 Å². The first kappa shape index (κ1) is 18.2. The maximum absolute atomic E-state index is 12.1. The number of para-hydroxylation sites is 1. The zero-order chi connectivity index (χ0) is 18.2. The molecular formula is C17H19N3O5. The van der Waals surface area contributed by atoms with Gasteiger partial charge in [-0.2, -0.15) is 0 Å². The first-order valence-electron chi connectivity index (χ1n) is 7.83. The topological polar surface area (TPSA) is 111 Å². The van der Waals surface area contributed by atoms with Crippen LogP contribution in [0.4, 0.5) is 11.5 Å². The van der Waals surface area contributed by atoms with Crippen LogP contribution in [0, 0.1) is 6.92 Å². The van der Waals surface area contributed by atoms with Crippen LogP contribution in [0.1, 0.15) is 35.9 Å². The predicted octanol–water partition coefficient (Wildman–Crippen LogP) is 2.52. The van der Waals surface area contributed by atoms with Crippen LogP contribution < -0.4 is 10.6 Å². The summed E-state index contributed by atoms with van der Waals surface area (Å²) in [5, 5.41) is 8.27. The van der Waals surface area contributed by atoms with Crippen molar-refractivity contribution >= 4 is 29.3 Å². The molecule has 0 spiro atoms. The van der Waals surface area contributed by atoms with Crippen LogP contribution in [-0.2, 0) is 14.3 Å². The Morgan fingerprint density at radius 3 is 2.56 bits per heavy atom. The number of nitrogens with zero attached hydrogens (tertiary/aromatic N) is 1. The van der Waals surface area contributed by atoms with E-state index in [0.29, 0.717) is 12.4 Å². The molecule has 2 rings (SSSR count). The largest absolute Gasteiger partial charge is 0.462 e. The van der Waals surface area contributed by atoms with E-state index in [1.807, 2.05) is 6.92 Å². The Labute approximate surface area is 144 Å². The van der Waals surface area contributed by atoms with Crippen molar-refractivity contribution in [3.05, 3.63) is 41.7 Å². The van der Waals surface area contributed by atoms with Gasteiger partial charge in [0.25, 0.3) is 0 Å². The van der Waals surface area contributed by atoms with E-state index in [0.717, 1.165) is 12.8 Å². The van der Waals surface area contributed by atoms with E-state index in [1.165, 1.54) is 18.2 Å². The Balaban J connectivity index is 2.02. The number of amides is 2. The summed E-state index contributed by atoms with van der Waals surface area (Å²) in [5.74, 6) is -1.80. The maximum atomic E-state index is 12.1. The van der Waals surface area contributed by atoms with Crippen LogP contribution in [0.15, 0.2) is 34.9 Å². The second kappa shape index (κ2) is 8.62. The standard InChI is InChI=1S/C17H19N3O5/c1-3-4-9-24-17(23)12-7-5-6-8-13(12)18-15(21)16(22)19-14-10-11(2)25-20-14/h5-8,10H,3-4,9H2,1-2H3,(H,18,21)(H,19,20,22). The third-order valence-corrected chi connectivity index (χ3v) is 3.20. The number of anilines is 2. The molecule has 2 amide bonds. The summed E-state index contributed by atoms with van der Waals surface area (Å²) in [4.78, 5) is 36.0. The molecule has 1 aromatic heterocycles.